The molecule has 0 amide bonds. The molecule has 0 unspecified atom stereocenters. The molecule has 0 radical (unpaired) electrons. The van der Waals surface area contributed by atoms with Gasteiger partial charge in [0.15, 0.2) is 0 Å². The van der Waals surface area contributed by atoms with Crippen LogP contribution in [0.1, 0.15) is 39.2 Å². The molecule has 1 aliphatic rings. The second-order valence-electron chi connectivity index (χ2n) is 6.07. The van der Waals surface area contributed by atoms with Crippen molar-refractivity contribution in [1.29, 1.82) is 0 Å². The van der Waals surface area contributed by atoms with Crippen molar-refractivity contribution in [1.82, 2.24) is 4.31 Å². The zero-order valence-electron chi connectivity index (χ0n) is 12.0. The molecule has 1 saturated heterocycles. The Kier molecular flexibility index (Phi) is 4.02. The van der Waals surface area contributed by atoms with Gasteiger partial charge in [-0.05, 0) is 42.4 Å². The van der Waals surface area contributed by atoms with Crippen LogP contribution in [0, 0.1) is 5.41 Å². The smallest absolute Gasteiger partial charge is 0.207 e. The van der Waals surface area contributed by atoms with Gasteiger partial charge in [0.25, 0.3) is 0 Å². The van der Waals surface area contributed by atoms with Crippen LogP contribution in [0.15, 0.2) is 29.2 Å². The van der Waals surface area contributed by atoms with Gasteiger partial charge in [-0.25, -0.2) is 8.42 Å². The van der Waals surface area contributed by atoms with E-state index in [2.05, 4.69) is 20.8 Å². The summed E-state index contributed by atoms with van der Waals surface area (Å²) >= 11 is 0. The van der Waals surface area contributed by atoms with Crippen LogP contribution < -0.4 is 0 Å². The molecule has 1 aromatic rings. The lowest BCUT2D eigenvalue weighted by Crippen LogP contribution is -2.41. The molecular weight excluding hydrogens is 258 g/mol. The summed E-state index contributed by atoms with van der Waals surface area (Å²) in [6.07, 6.45) is 2.79. The summed E-state index contributed by atoms with van der Waals surface area (Å²) in [6, 6.07) is 7.27. The van der Waals surface area contributed by atoms with E-state index in [-0.39, 0.29) is 5.41 Å². The molecule has 1 heterocycles. The Labute approximate surface area is 116 Å². The fourth-order valence-electron chi connectivity index (χ4n) is 2.38. The topological polar surface area (TPSA) is 37.4 Å². The van der Waals surface area contributed by atoms with Crippen molar-refractivity contribution in [2.24, 2.45) is 5.41 Å². The molecule has 0 bridgehead atoms. The molecule has 3 nitrogen and oxygen atoms in total. The first-order valence-corrected chi connectivity index (χ1v) is 8.38. The van der Waals surface area contributed by atoms with Crippen molar-refractivity contribution in [3.05, 3.63) is 29.8 Å². The molecule has 1 fully saturated rings. The van der Waals surface area contributed by atoms with Gasteiger partial charge in [-0.2, -0.15) is 4.31 Å². The highest BCUT2D eigenvalue weighted by molar-refractivity contribution is 7.89. The van der Waals surface area contributed by atoms with E-state index in [1.165, 1.54) is 5.56 Å². The van der Waals surface area contributed by atoms with Crippen molar-refractivity contribution in [2.75, 3.05) is 13.1 Å². The van der Waals surface area contributed by atoms with Gasteiger partial charge in [-0.1, -0.05) is 32.9 Å². The summed E-state index contributed by atoms with van der Waals surface area (Å²) in [5.41, 5.74) is 1.43. The largest absolute Gasteiger partial charge is 0.243 e. The van der Waals surface area contributed by atoms with Crippen LogP contribution in [-0.4, -0.2) is 25.8 Å². The van der Waals surface area contributed by atoms with Gasteiger partial charge in [-0.3, -0.25) is 0 Å². The van der Waals surface area contributed by atoms with E-state index in [0.717, 1.165) is 19.3 Å². The van der Waals surface area contributed by atoms with Crippen LogP contribution in [0.25, 0.3) is 0 Å². The zero-order chi connectivity index (χ0) is 14.1. The van der Waals surface area contributed by atoms with E-state index in [1.54, 1.807) is 16.4 Å². The highest BCUT2D eigenvalue weighted by Crippen LogP contribution is 2.32. The average Bonchev–Trinajstić information content (AvgIpc) is 2.38. The predicted molar refractivity (Wildman–Crippen MR) is 77.6 cm³/mol. The van der Waals surface area contributed by atoms with Crippen molar-refractivity contribution >= 4 is 10.0 Å². The molecule has 0 spiro atoms. The van der Waals surface area contributed by atoms with Crippen molar-refractivity contribution in [2.45, 2.75) is 44.9 Å². The minimum Gasteiger partial charge on any atom is -0.207 e. The molecule has 1 aromatic carbocycles. The molecule has 106 valence electrons. The maximum atomic E-state index is 12.5. The molecule has 1 aliphatic heterocycles. The second kappa shape index (κ2) is 5.25. The zero-order valence-corrected chi connectivity index (χ0v) is 12.8. The van der Waals surface area contributed by atoms with Crippen LogP contribution >= 0.6 is 0 Å². The van der Waals surface area contributed by atoms with Crippen LogP contribution in [0.5, 0.6) is 0 Å². The molecular formula is C15H23NO2S. The Morgan fingerprint density at radius 2 is 1.63 bits per heavy atom. The summed E-state index contributed by atoms with van der Waals surface area (Å²) in [6.45, 7) is 7.73. The lowest BCUT2D eigenvalue weighted by molar-refractivity contribution is 0.196. The summed E-state index contributed by atoms with van der Waals surface area (Å²) in [5, 5.41) is 0. The summed E-state index contributed by atoms with van der Waals surface area (Å²) in [4.78, 5) is 0.421. The van der Waals surface area contributed by atoms with E-state index in [9.17, 15) is 8.42 Å². The van der Waals surface area contributed by atoms with E-state index in [4.69, 9.17) is 0 Å². The number of aryl methyl sites for hydroxylation is 1. The average molecular weight is 281 g/mol. The maximum absolute atomic E-state index is 12.5. The predicted octanol–water partition coefficient (Wildman–Crippen LogP) is 3.06. The lowest BCUT2D eigenvalue weighted by atomic mass is 9.83. The molecule has 4 heteroatoms. The van der Waals surface area contributed by atoms with Gasteiger partial charge in [0.1, 0.15) is 0 Å². The summed E-state index contributed by atoms with van der Waals surface area (Å²) in [7, 11) is -3.30. The van der Waals surface area contributed by atoms with Crippen LogP contribution in [0.4, 0.5) is 0 Å². The van der Waals surface area contributed by atoms with E-state index in [0.29, 0.717) is 18.0 Å². The van der Waals surface area contributed by atoms with Crippen LogP contribution in [0.2, 0.25) is 0 Å². The first kappa shape index (κ1) is 14.5. The fraction of sp³-hybridized carbons (Fsp3) is 0.600. The standard InChI is InChI=1S/C15H23NO2S/c1-4-13-5-7-14(8-6-13)19(17,18)16-11-9-15(2,3)10-12-16/h5-8H,4,9-12H2,1-3H3. The molecule has 0 saturated carbocycles. The Hall–Kier alpha value is -0.870. The van der Waals surface area contributed by atoms with Crippen molar-refractivity contribution in [3.8, 4) is 0 Å². The molecule has 19 heavy (non-hydrogen) atoms. The third-order valence-electron chi connectivity index (χ3n) is 4.05. The summed E-state index contributed by atoms with van der Waals surface area (Å²) < 4.78 is 26.7. The minimum atomic E-state index is -3.30. The van der Waals surface area contributed by atoms with Crippen molar-refractivity contribution in [3.63, 3.8) is 0 Å². The third kappa shape index (κ3) is 3.18. The molecule has 0 atom stereocenters. The van der Waals surface area contributed by atoms with Gasteiger partial charge in [-0.15, -0.1) is 0 Å². The van der Waals surface area contributed by atoms with Gasteiger partial charge < -0.3 is 0 Å². The quantitative estimate of drug-likeness (QED) is 0.854. The van der Waals surface area contributed by atoms with Gasteiger partial charge in [0, 0.05) is 13.1 Å². The fourth-order valence-corrected chi connectivity index (χ4v) is 3.82. The van der Waals surface area contributed by atoms with Gasteiger partial charge in [0.2, 0.25) is 10.0 Å². The first-order chi connectivity index (χ1) is 8.85. The highest BCUT2D eigenvalue weighted by Gasteiger charge is 2.32. The monoisotopic (exact) mass is 281 g/mol. The Balaban J connectivity index is 2.18. The minimum absolute atomic E-state index is 0.262. The number of benzene rings is 1. The normalized spacial score (nSPS) is 20.4. The number of rotatable bonds is 3. The van der Waals surface area contributed by atoms with Gasteiger partial charge >= 0.3 is 0 Å². The van der Waals surface area contributed by atoms with Crippen LogP contribution in [0.3, 0.4) is 0 Å². The SMILES string of the molecule is CCc1ccc(S(=O)(=O)N2CCC(C)(C)CC2)cc1. The second-order valence-corrected chi connectivity index (χ2v) is 8.00. The number of nitrogens with zero attached hydrogens (tertiary/aromatic N) is 1. The maximum Gasteiger partial charge on any atom is 0.243 e. The number of sulfonamides is 1. The van der Waals surface area contributed by atoms with E-state index in [1.807, 2.05) is 12.1 Å². The van der Waals surface area contributed by atoms with E-state index >= 15 is 0 Å². The Morgan fingerprint density at radius 1 is 1.11 bits per heavy atom. The lowest BCUT2D eigenvalue weighted by Gasteiger charge is -2.36. The third-order valence-corrected chi connectivity index (χ3v) is 5.96. The van der Waals surface area contributed by atoms with E-state index < -0.39 is 10.0 Å². The summed E-state index contributed by atoms with van der Waals surface area (Å²) in [5.74, 6) is 0. The van der Waals surface area contributed by atoms with Crippen molar-refractivity contribution < 1.29 is 8.42 Å². The highest BCUT2D eigenvalue weighted by atomic mass is 32.2. The molecule has 0 aliphatic carbocycles. The van der Waals surface area contributed by atoms with Crippen LogP contribution in [-0.2, 0) is 16.4 Å². The number of hydrogen-bond donors (Lipinski definition) is 0. The number of piperidine rings is 1. The Bertz CT molecular complexity index is 522. The molecule has 2 rings (SSSR count). The first-order valence-electron chi connectivity index (χ1n) is 6.94. The Morgan fingerprint density at radius 3 is 2.11 bits per heavy atom. The molecule has 0 N–H and O–H groups in total. The molecule has 0 aromatic heterocycles. The number of hydrogen-bond acceptors (Lipinski definition) is 2. The van der Waals surface area contributed by atoms with Gasteiger partial charge in [0.05, 0.1) is 4.90 Å².